The van der Waals surface area contributed by atoms with E-state index in [0.717, 1.165) is 33.2 Å². The normalized spacial score (nSPS) is 12.1. The first-order valence-corrected chi connectivity index (χ1v) is 15.7. The van der Waals surface area contributed by atoms with Crippen LogP contribution in [0.1, 0.15) is 0 Å². The number of nitrogens with zero attached hydrogens (tertiary/aromatic N) is 3. The summed E-state index contributed by atoms with van der Waals surface area (Å²) in [6.07, 6.45) is 0. The van der Waals surface area contributed by atoms with E-state index in [1.165, 1.54) is 52.5 Å². The van der Waals surface area contributed by atoms with Crippen LogP contribution in [0.15, 0.2) is 140 Å². The summed E-state index contributed by atoms with van der Waals surface area (Å²) in [5, 5.41) is 11.1. The molecule has 10 rings (SSSR count). The maximum absolute atomic E-state index is 5.36. The van der Waals surface area contributed by atoms with Crippen molar-refractivity contribution in [1.82, 2.24) is 14.5 Å². The van der Waals surface area contributed by atoms with Crippen LogP contribution in [0.5, 0.6) is 0 Å². The van der Waals surface area contributed by atoms with Gasteiger partial charge in [-0.05, 0) is 35.0 Å². The Morgan fingerprint density at radius 2 is 1.09 bits per heavy atom. The van der Waals surface area contributed by atoms with Gasteiger partial charge in [0.25, 0.3) is 0 Å². The molecular formula is C40H23N3S. The number of aromatic nitrogens is 3. The molecule has 0 spiro atoms. The van der Waals surface area contributed by atoms with Crippen LogP contribution >= 0.6 is 11.3 Å². The van der Waals surface area contributed by atoms with Crippen molar-refractivity contribution >= 4 is 85.8 Å². The summed E-state index contributed by atoms with van der Waals surface area (Å²) in [5.74, 6) is 0.681. The minimum Gasteiger partial charge on any atom is -0.277 e. The van der Waals surface area contributed by atoms with E-state index in [9.17, 15) is 0 Å². The highest BCUT2D eigenvalue weighted by Crippen LogP contribution is 2.47. The van der Waals surface area contributed by atoms with Gasteiger partial charge in [0.2, 0.25) is 5.95 Å². The van der Waals surface area contributed by atoms with Crippen molar-refractivity contribution in [3.8, 4) is 17.2 Å². The standard InChI is InChI=1S/C40H23N3S/c1-2-12-24(13-3-1)38-27-16-6-9-19-31(27)41-40(42-38)43-32-20-10-7-17-28(32)36-26-15-5-4-14-25(26)35-30(39(36)43)22-23-34-37(35)29-18-8-11-21-33(29)44-34/h1-23H. The van der Waals surface area contributed by atoms with Crippen LogP contribution in [-0.4, -0.2) is 14.5 Å². The predicted octanol–water partition coefficient (Wildman–Crippen LogP) is 11.1. The van der Waals surface area contributed by atoms with Gasteiger partial charge in [-0.2, -0.15) is 0 Å². The van der Waals surface area contributed by atoms with Gasteiger partial charge in [-0.1, -0.05) is 115 Å². The first-order valence-electron chi connectivity index (χ1n) is 14.9. The predicted molar refractivity (Wildman–Crippen MR) is 187 cm³/mol. The topological polar surface area (TPSA) is 30.7 Å². The number of hydrogen-bond donors (Lipinski definition) is 0. The smallest absolute Gasteiger partial charge is 0.235 e. The van der Waals surface area contributed by atoms with Crippen LogP contribution in [0, 0.1) is 0 Å². The SMILES string of the molecule is c1ccc(-c2nc(-n3c4ccccc4c4c5ccccc5c5c(ccc6sc7ccccc7c65)c43)nc3ccccc23)cc1. The minimum absolute atomic E-state index is 0.681. The molecule has 0 bridgehead atoms. The molecule has 4 heteroatoms. The molecule has 0 saturated carbocycles. The average Bonchev–Trinajstić information content (AvgIpc) is 3.65. The molecule has 3 aromatic heterocycles. The van der Waals surface area contributed by atoms with Crippen LogP contribution < -0.4 is 0 Å². The van der Waals surface area contributed by atoms with E-state index in [0.29, 0.717) is 5.95 Å². The monoisotopic (exact) mass is 577 g/mol. The lowest BCUT2D eigenvalue weighted by atomic mass is 9.94. The quantitative estimate of drug-likeness (QED) is 0.191. The zero-order valence-corrected chi connectivity index (χ0v) is 24.3. The van der Waals surface area contributed by atoms with E-state index >= 15 is 0 Å². The van der Waals surface area contributed by atoms with Gasteiger partial charge in [0.15, 0.2) is 0 Å². The van der Waals surface area contributed by atoms with Gasteiger partial charge in [0, 0.05) is 52.7 Å². The van der Waals surface area contributed by atoms with Crippen molar-refractivity contribution in [2.24, 2.45) is 0 Å². The fraction of sp³-hybridized carbons (Fsp3) is 0. The van der Waals surface area contributed by atoms with Gasteiger partial charge >= 0.3 is 0 Å². The Bertz CT molecular complexity index is 2770. The van der Waals surface area contributed by atoms with Crippen molar-refractivity contribution in [3.05, 3.63) is 140 Å². The van der Waals surface area contributed by atoms with Crippen LogP contribution in [0.25, 0.3) is 91.6 Å². The Balaban J connectivity index is 1.46. The lowest BCUT2D eigenvalue weighted by molar-refractivity contribution is 1.02. The highest BCUT2D eigenvalue weighted by molar-refractivity contribution is 7.26. The summed E-state index contributed by atoms with van der Waals surface area (Å²) in [5.41, 5.74) is 5.19. The average molecular weight is 578 g/mol. The second-order valence-electron chi connectivity index (χ2n) is 11.3. The second kappa shape index (κ2) is 8.96. The maximum atomic E-state index is 5.36. The van der Waals surface area contributed by atoms with Crippen LogP contribution in [0.3, 0.4) is 0 Å². The number of thiophene rings is 1. The van der Waals surface area contributed by atoms with Crippen molar-refractivity contribution in [1.29, 1.82) is 0 Å². The molecule has 0 aliphatic rings. The van der Waals surface area contributed by atoms with E-state index in [2.05, 4.69) is 138 Å². The number of benzene rings is 7. The molecular weight excluding hydrogens is 555 g/mol. The highest BCUT2D eigenvalue weighted by atomic mass is 32.1. The summed E-state index contributed by atoms with van der Waals surface area (Å²) in [6, 6.07) is 49.8. The molecule has 0 aliphatic carbocycles. The van der Waals surface area contributed by atoms with E-state index in [-0.39, 0.29) is 0 Å². The molecule has 0 unspecified atom stereocenters. The number of fused-ring (bicyclic) bond motifs is 13. The second-order valence-corrected chi connectivity index (χ2v) is 12.4. The Morgan fingerprint density at radius 3 is 1.93 bits per heavy atom. The third-order valence-electron chi connectivity index (χ3n) is 8.98. The van der Waals surface area contributed by atoms with Crippen LogP contribution in [0.4, 0.5) is 0 Å². The van der Waals surface area contributed by atoms with Crippen LogP contribution in [-0.2, 0) is 0 Å². The first kappa shape index (κ1) is 23.9. The molecule has 0 N–H and O–H groups in total. The highest BCUT2D eigenvalue weighted by Gasteiger charge is 2.23. The van der Waals surface area contributed by atoms with Crippen molar-refractivity contribution in [2.75, 3.05) is 0 Å². The molecule has 44 heavy (non-hydrogen) atoms. The maximum Gasteiger partial charge on any atom is 0.235 e. The Labute approximate surface area is 256 Å². The lowest BCUT2D eigenvalue weighted by Gasteiger charge is -2.14. The molecule has 0 aliphatic heterocycles. The molecule has 204 valence electrons. The summed E-state index contributed by atoms with van der Waals surface area (Å²) in [6.45, 7) is 0. The van der Waals surface area contributed by atoms with E-state index in [4.69, 9.17) is 9.97 Å². The molecule has 3 nitrogen and oxygen atoms in total. The van der Waals surface area contributed by atoms with Crippen molar-refractivity contribution in [3.63, 3.8) is 0 Å². The molecule has 0 fully saturated rings. The summed E-state index contributed by atoms with van der Waals surface area (Å²) in [7, 11) is 0. The van der Waals surface area contributed by atoms with Gasteiger partial charge in [0.05, 0.1) is 22.2 Å². The number of para-hydroxylation sites is 2. The Kier molecular flexibility index (Phi) is 4.87. The number of rotatable bonds is 2. The van der Waals surface area contributed by atoms with Gasteiger partial charge in [-0.15, -0.1) is 11.3 Å². The molecule has 7 aromatic carbocycles. The largest absolute Gasteiger partial charge is 0.277 e. The van der Waals surface area contributed by atoms with E-state index in [1.54, 1.807) is 0 Å². The van der Waals surface area contributed by atoms with Gasteiger partial charge in [-0.3, -0.25) is 4.57 Å². The molecule has 0 radical (unpaired) electrons. The summed E-state index contributed by atoms with van der Waals surface area (Å²) >= 11 is 1.87. The minimum atomic E-state index is 0.681. The van der Waals surface area contributed by atoms with Crippen LogP contribution in [0.2, 0.25) is 0 Å². The van der Waals surface area contributed by atoms with E-state index < -0.39 is 0 Å². The van der Waals surface area contributed by atoms with Crippen molar-refractivity contribution in [2.45, 2.75) is 0 Å². The fourth-order valence-electron chi connectivity index (χ4n) is 7.17. The number of hydrogen-bond acceptors (Lipinski definition) is 3. The summed E-state index contributed by atoms with van der Waals surface area (Å²) in [4.78, 5) is 10.6. The van der Waals surface area contributed by atoms with Gasteiger partial charge < -0.3 is 0 Å². The molecule has 3 heterocycles. The Morgan fingerprint density at radius 1 is 0.432 bits per heavy atom. The Hall–Kier alpha value is -5.58. The van der Waals surface area contributed by atoms with Crippen molar-refractivity contribution < 1.29 is 0 Å². The summed E-state index contributed by atoms with van der Waals surface area (Å²) < 4.78 is 4.92. The molecule has 0 amide bonds. The zero-order chi connectivity index (χ0) is 28.8. The van der Waals surface area contributed by atoms with E-state index in [1.807, 2.05) is 17.4 Å². The lowest BCUT2D eigenvalue weighted by Crippen LogP contribution is -2.03. The fourth-order valence-corrected chi connectivity index (χ4v) is 8.28. The molecule has 10 aromatic rings. The third-order valence-corrected chi connectivity index (χ3v) is 10.1. The third kappa shape index (κ3) is 3.20. The molecule has 0 atom stereocenters. The molecule has 0 saturated heterocycles. The van der Waals surface area contributed by atoms with Gasteiger partial charge in [-0.25, -0.2) is 9.97 Å². The zero-order valence-electron chi connectivity index (χ0n) is 23.5. The first-order chi connectivity index (χ1) is 21.8. The van der Waals surface area contributed by atoms with Gasteiger partial charge in [0.1, 0.15) is 0 Å².